The molecular weight excluding hydrogens is 506 g/mol. The number of hydrogen-bond acceptors (Lipinski definition) is 5. The molecular formula is C29H40ClN3O5. The Morgan fingerprint density at radius 2 is 1.74 bits per heavy atom. The third kappa shape index (κ3) is 7.95. The number of nitrogens with one attached hydrogen (secondary N) is 2. The molecule has 0 radical (unpaired) electrons. The first-order chi connectivity index (χ1) is 17.7. The molecule has 0 heterocycles. The second kappa shape index (κ2) is 13.1. The highest BCUT2D eigenvalue weighted by Gasteiger charge is 2.39. The van der Waals surface area contributed by atoms with E-state index < -0.39 is 48.2 Å². The van der Waals surface area contributed by atoms with E-state index in [9.17, 15) is 19.5 Å². The van der Waals surface area contributed by atoms with Gasteiger partial charge in [-0.2, -0.15) is 0 Å². The summed E-state index contributed by atoms with van der Waals surface area (Å²) >= 11 is 6.41. The lowest BCUT2D eigenvalue weighted by Crippen LogP contribution is -2.56. The van der Waals surface area contributed by atoms with Crippen molar-refractivity contribution in [1.29, 1.82) is 0 Å². The molecule has 3 amide bonds. The summed E-state index contributed by atoms with van der Waals surface area (Å²) in [5, 5.41) is 15.9. The van der Waals surface area contributed by atoms with Crippen molar-refractivity contribution >= 4 is 35.2 Å². The van der Waals surface area contributed by atoms with Gasteiger partial charge in [-0.1, -0.05) is 54.4 Å². The lowest BCUT2D eigenvalue weighted by Gasteiger charge is -2.38. The first-order valence-corrected chi connectivity index (χ1v) is 13.1. The summed E-state index contributed by atoms with van der Waals surface area (Å²) in [5.74, 6) is -1.07. The van der Waals surface area contributed by atoms with E-state index in [1.165, 1.54) is 4.90 Å². The number of carbonyl (C=O) groups excluding carboxylic acids is 3. The fourth-order valence-corrected chi connectivity index (χ4v) is 4.33. The molecule has 208 valence electrons. The Bertz CT molecular complexity index is 1140. The molecule has 2 aromatic rings. The van der Waals surface area contributed by atoms with E-state index in [2.05, 4.69) is 10.6 Å². The molecule has 0 saturated heterocycles. The fraction of sp³-hybridized carbons (Fsp3) is 0.483. The molecule has 3 N–H and O–H groups in total. The van der Waals surface area contributed by atoms with E-state index in [1.54, 1.807) is 32.9 Å². The predicted molar refractivity (Wildman–Crippen MR) is 150 cm³/mol. The topological polar surface area (TPSA) is 108 Å². The molecule has 0 fully saturated rings. The van der Waals surface area contributed by atoms with E-state index in [0.717, 1.165) is 16.7 Å². The second-order valence-corrected chi connectivity index (χ2v) is 11.0. The molecule has 0 aromatic heterocycles. The molecule has 3 unspecified atom stereocenters. The Kier molecular flexibility index (Phi) is 10.7. The van der Waals surface area contributed by atoms with Gasteiger partial charge in [-0.25, -0.2) is 4.79 Å². The number of aryl methyl sites for hydroxylation is 3. The monoisotopic (exact) mass is 545 g/mol. The minimum atomic E-state index is -1.32. The molecule has 0 aliphatic carbocycles. The molecule has 0 saturated carbocycles. The minimum Gasteiger partial charge on any atom is -0.444 e. The van der Waals surface area contributed by atoms with Crippen LogP contribution in [-0.2, 0) is 14.3 Å². The van der Waals surface area contributed by atoms with Crippen LogP contribution in [0.1, 0.15) is 69.3 Å². The van der Waals surface area contributed by atoms with Gasteiger partial charge in [0.25, 0.3) is 5.91 Å². The van der Waals surface area contributed by atoms with E-state index >= 15 is 0 Å². The number of benzene rings is 2. The van der Waals surface area contributed by atoms with Crippen LogP contribution in [0.2, 0.25) is 5.02 Å². The average Bonchev–Trinajstić information content (AvgIpc) is 2.83. The van der Waals surface area contributed by atoms with Gasteiger partial charge in [-0.15, -0.1) is 0 Å². The van der Waals surface area contributed by atoms with Crippen molar-refractivity contribution < 1.29 is 24.2 Å². The van der Waals surface area contributed by atoms with Crippen LogP contribution >= 0.6 is 11.6 Å². The molecule has 0 bridgehead atoms. The SMILES string of the molecule is CCC(C)N(C(=O)C(CO)NC(=O)OC(C)(C)C)C(C(=O)Nc1c(C)cccc1Cl)c1cc(C)ccc1C. The van der Waals surface area contributed by atoms with Crippen LogP contribution in [0.3, 0.4) is 0 Å². The summed E-state index contributed by atoms with van der Waals surface area (Å²) in [6.45, 7) is 13.8. The number of nitrogens with zero attached hydrogens (tertiary/aromatic N) is 1. The van der Waals surface area contributed by atoms with Crippen LogP contribution < -0.4 is 10.6 Å². The summed E-state index contributed by atoms with van der Waals surface area (Å²) in [5.41, 5.74) is 2.79. The smallest absolute Gasteiger partial charge is 0.408 e. The van der Waals surface area contributed by atoms with Crippen molar-refractivity contribution in [3.05, 3.63) is 63.7 Å². The van der Waals surface area contributed by atoms with Gasteiger partial charge in [0.15, 0.2) is 0 Å². The maximum atomic E-state index is 14.0. The van der Waals surface area contributed by atoms with Crippen LogP contribution in [0, 0.1) is 20.8 Å². The first-order valence-electron chi connectivity index (χ1n) is 12.8. The Labute approximate surface area is 230 Å². The van der Waals surface area contributed by atoms with Crippen molar-refractivity contribution in [2.45, 2.75) is 85.5 Å². The second-order valence-electron chi connectivity index (χ2n) is 10.6. The van der Waals surface area contributed by atoms with Gasteiger partial charge in [0.2, 0.25) is 5.91 Å². The highest BCUT2D eigenvalue weighted by Crippen LogP contribution is 2.32. The number of amides is 3. The third-order valence-corrected chi connectivity index (χ3v) is 6.53. The molecule has 2 rings (SSSR count). The standard InChI is InChI=1S/C29H40ClN3O5/c1-9-20(5)33(27(36)23(16-34)31-28(37)38-29(6,7)8)25(21-15-17(2)13-14-18(21)3)26(35)32-24-19(4)11-10-12-22(24)30/h10-15,20,23,25,34H,9,16H2,1-8H3,(H,31,37)(H,32,35). The van der Waals surface area contributed by atoms with Gasteiger partial charge in [0.1, 0.15) is 17.7 Å². The van der Waals surface area contributed by atoms with Gasteiger partial charge < -0.3 is 25.4 Å². The van der Waals surface area contributed by atoms with Gasteiger partial charge in [0.05, 0.1) is 17.3 Å². The van der Waals surface area contributed by atoms with E-state index in [-0.39, 0.29) is 0 Å². The Hall–Kier alpha value is -3.10. The maximum absolute atomic E-state index is 14.0. The molecule has 0 aliphatic heterocycles. The summed E-state index contributed by atoms with van der Waals surface area (Å²) in [4.78, 5) is 41.9. The molecule has 2 aromatic carbocycles. The number of hydrogen-bond donors (Lipinski definition) is 3. The van der Waals surface area contributed by atoms with Gasteiger partial charge in [-0.05, 0) is 77.6 Å². The largest absolute Gasteiger partial charge is 0.444 e. The zero-order valence-corrected chi connectivity index (χ0v) is 24.3. The predicted octanol–water partition coefficient (Wildman–Crippen LogP) is 5.46. The van der Waals surface area contributed by atoms with E-state index in [4.69, 9.17) is 16.3 Å². The highest BCUT2D eigenvalue weighted by molar-refractivity contribution is 6.34. The van der Waals surface area contributed by atoms with Crippen molar-refractivity contribution in [1.82, 2.24) is 10.2 Å². The lowest BCUT2D eigenvalue weighted by atomic mass is 9.94. The zero-order valence-electron chi connectivity index (χ0n) is 23.5. The summed E-state index contributed by atoms with van der Waals surface area (Å²) in [6, 6.07) is 8.20. The molecule has 3 atom stereocenters. The van der Waals surface area contributed by atoms with Crippen LogP contribution in [0.5, 0.6) is 0 Å². The van der Waals surface area contributed by atoms with Crippen LogP contribution in [0.15, 0.2) is 36.4 Å². The number of anilines is 1. The molecule has 8 nitrogen and oxygen atoms in total. The lowest BCUT2D eigenvalue weighted by molar-refractivity contribution is -0.144. The summed E-state index contributed by atoms with van der Waals surface area (Å²) < 4.78 is 5.29. The van der Waals surface area contributed by atoms with Crippen molar-refractivity contribution in [3.63, 3.8) is 0 Å². The van der Waals surface area contributed by atoms with Gasteiger partial charge in [0, 0.05) is 6.04 Å². The Morgan fingerprint density at radius 1 is 1.08 bits per heavy atom. The van der Waals surface area contributed by atoms with Crippen LogP contribution in [0.25, 0.3) is 0 Å². The van der Waals surface area contributed by atoms with E-state index in [1.807, 2.05) is 58.9 Å². The average molecular weight is 546 g/mol. The van der Waals surface area contributed by atoms with Gasteiger partial charge in [-0.3, -0.25) is 9.59 Å². The molecule has 38 heavy (non-hydrogen) atoms. The number of halogens is 1. The van der Waals surface area contributed by atoms with Crippen LogP contribution in [0.4, 0.5) is 10.5 Å². The highest BCUT2D eigenvalue weighted by atomic mass is 35.5. The zero-order chi connectivity index (χ0) is 28.8. The quantitative estimate of drug-likeness (QED) is 0.388. The van der Waals surface area contributed by atoms with Gasteiger partial charge >= 0.3 is 6.09 Å². The maximum Gasteiger partial charge on any atom is 0.408 e. The number of rotatable bonds is 9. The van der Waals surface area contributed by atoms with E-state index in [0.29, 0.717) is 22.7 Å². The van der Waals surface area contributed by atoms with Crippen molar-refractivity contribution in [2.75, 3.05) is 11.9 Å². The van der Waals surface area contributed by atoms with Crippen LogP contribution in [-0.4, -0.2) is 52.2 Å². The number of ether oxygens (including phenoxy) is 1. The fourth-order valence-electron chi connectivity index (χ4n) is 4.06. The van der Waals surface area contributed by atoms with Crippen molar-refractivity contribution in [3.8, 4) is 0 Å². The Morgan fingerprint density at radius 3 is 2.29 bits per heavy atom. The number of aliphatic hydroxyl groups excluding tert-OH is 1. The normalized spacial score (nSPS) is 13.7. The first kappa shape index (κ1) is 31.1. The third-order valence-electron chi connectivity index (χ3n) is 6.22. The summed E-state index contributed by atoms with van der Waals surface area (Å²) in [6.07, 6.45) is -0.316. The molecule has 0 spiro atoms. The Balaban J connectivity index is 2.62. The number of alkyl carbamates (subject to hydrolysis) is 1. The number of carbonyl (C=O) groups is 3. The number of aliphatic hydroxyl groups is 1. The minimum absolute atomic E-state index is 0.374. The number of para-hydroxylation sites is 1. The molecule has 9 heteroatoms. The summed E-state index contributed by atoms with van der Waals surface area (Å²) in [7, 11) is 0. The molecule has 0 aliphatic rings. The van der Waals surface area contributed by atoms with Crippen molar-refractivity contribution in [2.24, 2.45) is 0 Å².